The maximum absolute atomic E-state index is 14.6. The molecule has 10 heteroatoms. The molecule has 5 rings (SSSR count). The van der Waals surface area contributed by atoms with Crippen LogP contribution in [0, 0.1) is 17.1 Å². The maximum atomic E-state index is 14.6. The number of fused-ring (bicyclic) bond motifs is 4. The van der Waals surface area contributed by atoms with Crippen molar-refractivity contribution in [1.82, 2.24) is 24.7 Å². The van der Waals surface area contributed by atoms with E-state index in [0.717, 1.165) is 23.1 Å². The third-order valence-electron chi connectivity index (χ3n) is 5.99. The number of ether oxygens (including phenoxy) is 1. The number of nitrogens with one attached hydrogen (secondary N) is 1. The highest BCUT2D eigenvalue weighted by Gasteiger charge is 2.33. The number of halogens is 1. The van der Waals surface area contributed by atoms with Crippen LogP contribution in [-0.4, -0.2) is 44.6 Å². The fourth-order valence-electron chi connectivity index (χ4n) is 4.58. The van der Waals surface area contributed by atoms with Gasteiger partial charge in [0.05, 0.1) is 35.9 Å². The van der Waals surface area contributed by atoms with Crippen molar-refractivity contribution in [1.29, 1.82) is 5.26 Å². The van der Waals surface area contributed by atoms with Crippen molar-refractivity contribution in [2.75, 3.05) is 18.1 Å². The Morgan fingerprint density at radius 1 is 1.45 bits per heavy atom. The molecule has 0 unspecified atom stereocenters. The highest BCUT2D eigenvalue weighted by atomic mass is 19.1. The Kier molecular flexibility index (Phi) is 4.63. The molecular formula is C21H22FN7O2. The van der Waals surface area contributed by atoms with E-state index in [1.165, 1.54) is 11.4 Å². The summed E-state index contributed by atoms with van der Waals surface area (Å²) >= 11 is 0. The number of pyridine rings is 1. The van der Waals surface area contributed by atoms with E-state index in [2.05, 4.69) is 33.0 Å². The molecule has 0 spiro atoms. The average Bonchev–Trinajstić information content (AvgIpc) is 3.33. The Balaban J connectivity index is 1.50. The fourth-order valence-corrected chi connectivity index (χ4v) is 4.58. The second-order valence-electron chi connectivity index (χ2n) is 8.10. The molecule has 2 atom stereocenters. The number of aromatic nitrogens is 4. The van der Waals surface area contributed by atoms with Crippen LogP contribution in [0.15, 0.2) is 18.3 Å². The Bertz CT molecular complexity index is 1220. The van der Waals surface area contributed by atoms with Crippen LogP contribution in [0.5, 0.6) is 0 Å². The van der Waals surface area contributed by atoms with Crippen molar-refractivity contribution in [3.8, 4) is 6.07 Å². The first-order chi connectivity index (χ1) is 15.0. The lowest BCUT2D eigenvalue weighted by atomic mass is 9.98. The number of nitrogens with zero attached hydrogens (tertiary/aromatic N) is 6. The van der Waals surface area contributed by atoms with Gasteiger partial charge in [0.25, 0.3) is 0 Å². The van der Waals surface area contributed by atoms with Gasteiger partial charge in [-0.25, -0.2) is 8.91 Å². The summed E-state index contributed by atoms with van der Waals surface area (Å²) in [4.78, 5) is 13.3. The number of anilines is 1. The summed E-state index contributed by atoms with van der Waals surface area (Å²) in [6.45, 7) is 5.65. The molecule has 31 heavy (non-hydrogen) atoms. The number of esters is 1. The second kappa shape index (κ2) is 7.35. The van der Waals surface area contributed by atoms with Crippen molar-refractivity contribution < 1.29 is 13.9 Å². The van der Waals surface area contributed by atoms with Gasteiger partial charge in [0.1, 0.15) is 23.9 Å². The molecule has 9 nitrogen and oxygen atoms in total. The van der Waals surface area contributed by atoms with Crippen molar-refractivity contribution >= 4 is 17.2 Å². The second-order valence-corrected chi connectivity index (χ2v) is 8.10. The lowest BCUT2D eigenvalue weighted by Gasteiger charge is -2.35. The first kappa shape index (κ1) is 19.5. The summed E-state index contributed by atoms with van der Waals surface area (Å²) in [5.41, 5.74) is 4.55. The molecule has 3 aromatic rings. The summed E-state index contributed by atoms with van der Waals surface area (Å²) in [6.07, 6.45) is 1.85. The topological polar surface area (TPSA) is 100 Å². The molecule has 5 heterocycles. The highest BCUT2D eigenvalue weighted by Crippen LogP contribution is 2.34. The largest absolute Gasteiger partial charge is 0.464 e. The molecule has 0 bridgehead atoms. The average molecular weight is 423 g/mol. The summed E-state index contributed by atoms with van der Waals surface area (Å²) in [6, 6.07) is 5.63. The first-order valence-corrected chi connectivity index (χ1v) is 10.2. The Morgan fingerprint density at radius 3 is 3.06 bits per heavy atom. The van der Waals surface area contributed by atoms with Gasteiger partial charge in [0.15, 0.2) is 5.82 Å². The van der Waals surface area contributed by atoms with Crippen molar-refractivity contribution in [2.45, 2.75) is 45.4 Å². The zero-order valence-electron chi connectivity index (χ0n) is 17.3. The molecular weight excluding hydrogens is 401 g/mol. The molecule has 2 aliphatic rings. The molecule has 0 saturated carbocycles. The minimum Gasteiger partial charge on any atom is -0.464 e. The first-order valence-electron chi connectivity index (χ1n) is 10.2. The molecule has 160 valence electrons. The predicted octanol–water partition coefficient (Wildman–Crippen LogP) is 1.70. The summed E-state index contributed by atoms with van der Waals surface area (Å²) < 4.78 is 23.2. The van der Waals surface area contributed by atoms with E-state index in [1.807, 2.05) is 0 Å². The van der Waals surface area contributed by atoms with E-state index < -0.39 is 5.82 Å². The SMILES string of the molecule is CC(=O)OC[C@@H]1Cc2c(nn3c2CN(c2ccc(C#N)n4ncc(F)c24)C[C@H]3C)CN1. The van der Waals surface area contributed by atoms with E-state index in [1.54, 1.807) is 12.1 Å². The van der Waals surface area contributed by atoms with Crippen LogP contribution in [0.1, 0.15) is 42.5 Å². The van der Waals surface area contributed by atoms with E-state index in [-0.39, 0.29) is 23.7 Å². The number of carbonyl (C=O) groups is 1. The van der Waals surface area contributed by atoms with Crippen molar-refractivity contribution in [3.63, 3.8) is 0 Å². The van der Waals surface area contributed by atoms with E-state index >= 15 is 0 Å². The number of rotatable bonds is 3. The molecule has 0 fully saturated rings. The van der Waals surface area contributed by atoms with Gasteiger partial charge in [-0.15, -0.1) is 0 Å². The molecule has 2 aliphatic heterocycles. The zero-order chi connectivity index (χ0) is 21.7. The minimum absolute atomic E-state index is 0.0323. The Morgan fingerprint density at radius 2 is 2.29 bits per heavy atom. The van der Waals surface area contributed by atoms with Gasteiger partial charge in [0, 0.05) is 31.6 Å². The number of hydrogen-bond acceptors (Lipinski definition) is 7. The van der Waals surface area contributed by atoms with Gasteiger partial charge < -0.3 is 15.0 Å². The third-order valence-corrected chi connectivity index (χ3v) is 5.99. The van der Waals surface area contributed by atoms with Crippen LogP contribution in [0.4, 0.5) is 10.1 Å². The number of nitriles is 1. The third kappa shape index (κ3) is 3.21. The van der Waals surface area contributed by atoms with Crippen molar-refractivity contribution in [2.24, 2.45) is 0 Å². The standard InChI is InChI=1S/C21H22FN7O2/c1-12-9-27(19-4-3-15(6-23)29-21(19)17(22)7-25-29)10-20-16-5-14(11-31-13(2)30)24-8-18(16)26-28(12)20/h3-4,7,12,14,24H,5,8-11H2,1-2H3/t12-,14+/m1/s1. The van der Waals surface area contributed by atoms with Crippen LogP contribution in [-0.2, 0) is 29.0 Å². The lowest BCUT2D eigenvalue weighted by Crippen LogP contribution is -2.40. The van der Waals surface area contributed by atoms with Crippen LogP contribution in [0.3, 0.4) is 0 Å². The minimum atomic E-state index is -0.452. The summed E-state index contributed by atoms with van der Waals surface area (Å²) in [5, 5.41) is 21.6. The maximum Gasteiger partial charge on any atom is 0.302 e. The monoisotopic (exact) mass is 423 g/mol. The van der Waals surface area contributed by atoms with Gasteiger partial charge in [-0.2, -0.15) is 15.5 Å². The van der Waals surface area contributed by atoms with E-state index in [9.17, 15) is 14.4 Å². The summed E-state index contributed by atoms with van der Waals surface area (Å²) in [5.74, 6) is -0.747. The van der Waals surface area contributed by atoms with Crippen molar-refractivity contribution in [3.05, 3.63) is 46.8 Å². The quantitative estimate of drug-likeness (QED) is 0.640. The smallest absolute Gasteiger partial charge is 0.302 e. The summed E-state index contributed by atoms with van der Waals surface area (Å²) in [7, 11) is 0. The van der Waals surface area contributed by atoms with E-state index in [4.69, 9.17) is 9.84 Å². The molecule has 0 radical (unpaired) electrons. The van der Waals surface area contributed by atoms with Crippen LogP contribution >= 0.6 is 0 Å². The van der Waals surface area contributed by atoms with Crippen LogP contribution < -0.4 is 10.2 Å². The molecule has 0 saturated heterocycles. The normalized spacial score (nSPS) is 20.3. The van der Waals surface area contributed by atoms with E-state index in [0.29, 0.717) is 43.9 Å². The number of carbonyl (C=O) groups excluding carboxylic acids is 1. The molecule has 0 aromatic carbocycles. The molecule has 0 amide bonds. The zero-order valence-corrected chi connectivity index (χ0v) is 17.3. The Hall–Kier alpha value is -3.45. The molecule has 0 aliphatic carbocycles. The van der Waals surface area contributed by atoms with Gasteiger partial charge in [-0.3, -0.25) is 9.48 Å². The van der Waals surface area contributed by atoms with Gasteiger partial charge in [0.2, 0.25) is 0 Å². The highest BCUT2D eigenvalue weighted by molar-refractivity contribution is 5.75. The molecule has 1 N–H and O–H groups in total. The van der Waals surface area contributed by atoms with Crippen LogP contribution in [0.25, 0.3) is 5.52 Å². The predicted molar refractivity (Wildman–Crippen MR) is 109 cm³/mol. The molecule has 3 aromatic heterocycles. The lowest BCUT2D eigenvalue weighted by molar-refractivity contribution is -0.141. The Labute approximate surface area is 178 Å². The van der Waals surface area contributed by atoms with Crippen LogP contribution in [0.2, 0.25) is 0 Å². The van der Waals surface area contributed by atoms with Gasteiger partial charge >= 0.3 is 5.97 Å². The fraction of sp³-hybridized carbons (Fsp3) is 0.429. The number of hydrogen-bond donors (Lipinski definition) is 1. The van der Waals surface area contributed by atoms with Gasteiger partial charge in [-0.1, -0.05) is 0 Å². The van der Waals surface area contributed by atoms with Gasteiger partial charge in [-0.05, 0) is 25.5 Å².